The predicted octanol–water partition coefficient (Wildman–Crippen LogP) is 2.81. The Morgan fingerprint density at radius 2 is 2.18 bits per heavy atom. The fraction of sp³-hybridized carbons (Fsp3) is 0.273. The largest absolute Gasteiger partial charge is 0.462 e. The second-order valence-corrected chi connectivity index (χ2v) is 3.02. The summed E-state index contributed by atoms with van der Waals surface area (Å²) in [4.78, 5) is 11.3. The third-order valence-corrected chi connectivity index (χ3v) is 2.01. The summed E-state index contributed by atoms with van der Waals surface area (Å²) < 4.78 is 43.3. The molecule has 3 nitrogen and oxygen atoms in total. The number of nitrogens with zero attached hydrogens (tertiary/aromatic N) is 1. The number of hydrogen-bond acceptors (Lipinski definition) is 3. The number of benzene rings is 1. The standard InChI is InChI=1S/C11H8F3NO2/c1-2-17-11(16)7-4-3-6(5-15)9(12)8(7)10(13)14/h3-4,10H,2H2,1H3. The molecule has 6 heteroatoms. The maximum atomic E-state index is 13.5. The highest BCUT2D eigenvalue weighted by atomic mass is 19.3. The second-order valence-electron chi connectivity index (χ2n) is 3.02. The van der Waals surface area contributed by atoms with Gasteiger partial charge >= 0.3 is 5.97 Å². The van der Waals surface area contributed by atoms with Gasteiger partial charge in [0.1, 0.15) is 6.07 Å². The van der Waals surface area contributed by atoms with Crippen LogP contribution < -0.4 is 0 Å². The molecule has 0 radical (unpaired) electrons. The van der Waals surface area contributed by atoms with E-state index in [2.05, 4.69) is 4.74 Å². The van der Waals surface area contributed by atoms with Gasteiger partial charge in [0.25, 0.3) is 6.43 Å². The monoisotopic (exact) mass is 243 g/mol. The van der Waals surface area contributed by atoms with Crippen LogP contribution in [0.5, 0.6) is 0 Å². The molecule has 1 rings (SSSR count). The Balaban J connectivity index is 3.37. The first kappa shape index (κ1) is 13.0. The van der Waals surface area contributed by atoms with Gasteiger partial charge in [0.2, 0.25) is 0 Å². The molecule has 1 aromatic carbocycles. The van der Waals surface area contributed by atoms with Crippen molar-refractivity contribution >= 4 is 5.97 Å². The Hall–Kier alpha value is -2.03. The maximum Gasteiger partial charge on any atom is 0.338 e. The summed E-state index contributed by atoms with van der Waals surface area (Å²) in [6.07, 6.45) is -3.19. The van der Waals surface area contributed by atoms with Gasteiger partial charge in [-0.25, -0.2) is 18.0 Å². The SMILES string of the molecule is CCOC(=O)c1ccc(C#N)c(F)c1C(F)F. The number of halogens is 3. The van der Waals surface area contributed by atoms with E-state index in [1.54, 1.807) is 0 Å². The number of ether oxygens (including phenoxy) is 1. The quantitative estimate of drug-likeness (QED) is 0.767. The first-order valence-corrected chi connectivity index (χ1v) is 4.70. The molecule has 0 amide bonds. The van der Waals surface area contributed by atoms with Crippen molar-refractivity contribution in [2.24, 2.45) is 0 Å². The molecule has 0 aliphatic heterocycles. The zero-order chi connectivity index (χ0) is 13.0. The third kappa shape index (κ3) is 2.56. The van der Waals surface area contributed by atoms with Gasteiger partial charge in [0, 0.05) is 0 Å². The fourth-order valence-electron chi connectivity index (χ4n) is 1.28. The fourth-order valence-corrected chi connectivity index (χ4v) is 1.28. The van der Waals surface area contributed by atoms with Crippen LogP contribution in [0.25, 0.3) is 0 Å². The number of hydrogen-bond donors (Lipinski definition) is 0. The normalized spacial score (nSPS) is 10.1. The van der Waals surface area contributed by atoms with Crippen molar-refractivity contribution in [2.45, 2.75) is 13.3 Å². The Labute approximate surface area is 95.4 Å². The van der Waals surface area contributed by atoms with Crippen LogP contribution in [-0.2, 0) is 4.74 Å². The first-order chi connectivity index (χ1) is 8.02. The van der Waals surface area contributed by atoms with Crippen LogP contribution in [0.3, 0.4) is 0 Å². The van der Waals surface area contributed by atoms with Gasteiger partial charge < -0.3 is 4.74 Å². The van der Waals surface area contributed by atoms with Crippen molar-refractivity contribution in [3.63, 3.8) is 0 Å². The van der Waals surface area contributed by atoms with Crippen LogP contribution in [0.15, 0.2) is 12.1 Å². The summed E-state index contributed by atoms with van der Waals surface area (Å²) in [5.74, 6) is -2.42. The van der Waals surface area contributed by atoms with E-state index in [0.29, 0.717) is 0 Å². The maximum absolute atomic E-state index is 13.5. The van der Waals surface area contributed by atoms with Gasteiger partial charge in [-0.1, -0.05) is 0 Å². The Morgan fingerprint density at radius 3 is 2.65 bits per heavy atom. The van der Waals surface area contributed by atoms with Crippen LogP contribution in [-0.4, -0.2) is 12.6 Å². The van der Waals surface area contributed by atoms with E-state index >= 15 is 0 Å². The molecular formula is C11H8F3NO2. The van der Waals surface area contributed by atoms with E-state index in [0.717, 1.165) is 12.1 Å². The molecule has 0 bridgehead atoms. The minimum atomic E-state index is -3.19. The van der Waals surface area contributed by atoms with Crippen LogP contribution >= 0.6 is 0 Å². The third-order valence-electron chi connectivity index (χ3n) is 2.01. The minimum Gasteiger partial charge on any atom is -0.462 e. The van der Waals surface area contributed by atoms with E-state index in [1.807, 2.05) is 0 Å². The summed E-state index contributed by atoms with van der Waals surface area (Å²) in [7, 11) is 0. The van der Waals surface area contributed by atoms with Crippen molar-refractivity contribution in [1.82, 2.24) is 0 Å². The van der Waals surface area contributed by atoms with Crippen molar-refractivity contribution in [3.8, 4) is 6.07 Å². The van der Waals surface area contributed by atoms with E-state index in [9.17, 15) is 18.0 Å². The number of nitriles is 1. The minimum absolute atomic E-state index is 0.0108. The highest BCUT2D eigenvalue weighted by Gasteiger charge is 2.25. The molecule has 0 aliphatic carbocycles. The lowest BCUT2D eigenvalue weighted by Gasteiger charge is -2.09. The molecular weight excluding hydrogens is 235 g/mol. The number of carbonyl (C=O) groups excluding carboxylic acids is 1. The van der Waals surface area contributed by atoms with Crippen LogP contribution in [0.4, 0.5) is 13.2 Å². The molecule has 1 aromatic rings. The van der Waals surface area contributed by atoms with Gasteiger partial charge in [-0.15, -0.1) is 0 Å². The topological polar surface area (TPSA) is 50.1 Å². The summed E-state index contributed by atoms with van der Waals surface area (Å²) in [5, 5.41) is 8.51. The molecule has 0 saturated heterocycles. The zero-order valence-corrected chi connectivity index (χ0v) is 8.84. The number of rotatable bonds is 3. The second kappa shape index (κ2) is 5.34. The van der Waals surface area contributed by atoms with E-state index in [4.69, 9.17) is 5.26 Å². The molecule has 0 aromatic heterocycles. The van der Waals surface area contributed by atoms with Crippen molar-refractivity contribution in [3.05, 3.63) is 34.6 Å². The highest BCUT2D eigenvalue weighted by Crippen LogP contribution is 2.28. The molecule has 0 unspecified atom stereocenters. The Morgan fingerprint density at radius 1 is 1.53 bits per heavy atom. The Bertz CT molecular complexity index is 480. The number of alkyl halides is 2. The predicted molar refractivity (Wildman–Crippen MR) is 52.0 cm³/mol. The molecule has 0 spiro atoms. The molecule has 0 heterocycles. The number of carbonyl (C=O) groups is 1. The first-order valence-electron chi connectivity index (χ1n) is 4.70. The van der Waals surface area contributed by atoms with Gasteiger partial charge in [-0.3, -0.25) is 0 Å². The lowest BCUT2D eigenvalue weighted by Crippen LogP contribution is -2.11. The summed E-state index contributed by atoms with van der Waals surface area (Å²) in [5.41, 5.74) is -2.19. The highest BCUT2D eigenvalue weighted by molar-refractivity contribution is 5.91. The molecule has 0 saturated carbocycles. The lowest BCUT2D eigenvalue weighted by atomic mass is 10.0. The van der Waals surface area contributed by atoms with Crippen LogP contribution in [0, 0.1) is 17.1 Å². The van der Waals surface area contributed by atoms with Gasteiger partial charge in [-0.2, -0.15) is 5.26 Å². The average molecular weight is 243 g/mol. The Kier molecular flexibility index (Phi) is 4.10. The van der Waals surface area contributed by atoms with Crippen LogP contribution in [0.2, 0.25) is 0 Å². The molecule has 0 N–H and O–H groups in total. The molecule has 0 fully saturated rings. The molecule has 17 heavy (non-hydrogen) atoms. The summed E-state index contributed by atoms with van der Waals surface area (Å²) >= 11 is 0. The molecule has 0 atom stereocenters. The van der Waals surface area contributed by atoms with Crippen LogP contribution in [0.1, 0.15) is 34.8 Å². The van der Waals surface area contributed by atoms with E-state index in [1.165, 1.54) is 13.0 Å². The average Bonchev–Trinajstić information content (AvgIpc) is 2.28. The zero-order valence-electron chi connectivity index (χ0n) is 8.84. The van der Waals surface area contributed by atoms with Gasteiger partial charge in [-0.05, 0) is 19.1 Å². The van der Waals surface area contributed by atoms with E-state index in [-0.39, 0.29) is 6.61 Å². The van der Waals surface area contributed by atoms with Crippen molar-refractivity contribution in [2.75, 3.05) is 6.61 Å². The molecule has 90 valence electrons. The summed E-state index contributed by atoms with van der Waals surface area (Å²) in [6.45, 7) is 1.49. The van der Waals surface area contributed by atoms with Crippen molar-refractivity contribution in [1.29, 1.82) is 5.26 Å². The van der Waals surface area contributed by atoms with Gasteiger partial charge in [0.15, 0.2) is 5.82 Å². The lowest BCUT2D eigenvalue weighted by molar-refractivity contribution is 0.0513. The van der Waals surface area contributed by atoms with Crippen molar-refractivity contribution < 1.29 is 22.7 Å². The van der Waals surface area contributed by atoms with Gasteiger partial charge in [0.05, 0.1) is 23.3 Å². The van der Waals surface area contributed by atoms with E-state index < -0.39 is 34.9 Å². The molecule has 0 aliphatic rings. The smallest absolute Gasteiger partial charge is 0.338 e. The summed E-state index contributed by atoms with van der Waals surface area (Å²) in [6, 6.07) is 3.35. The number of esters is 1.